The van der Waals surface area contributed by atoms with Crippen molar-refractivity contribution < 1.29 is 0 Å². The summed E-state index contributed by atoms with van der Waals surface area (Å²) in [6.45, 7) is 0. The number of nitrogens with zero attached hydrogens (tertiary/aromatic N) is 2. The van der Waals surface area contributed by atoms with E-state index in [1.807, 2.05) is 17.6 Å². The number of hydrogen-bond donors (Lipinski definition) is 1. The lowest BCUT2D eigenvalue weighted by Crippen LogP contribution is -2.05. The van der Waals surface area contributed by atoms with Crippen molar-refractivity contribution in [3.8, 4) is 0 Å². The Kier molecular flexibility index (Phi) is 2.52. The Bertz CT molecular complexity index is 375. The fourth-order valence-corrected chi connectivity index (χ4v) is 1.59. The molecule has 5 heteroatoms. The molecule has 13 heavy (non-hydrogen) atoms. The van der Waals surface area contributed by atoms with E-state index in [0.29, 0.717) is 5.15 Å². The molecule has 1 aliphatic rings. The largest absolute Gasteiger partial charge is 0.324 e. The summed E-state index contributed by atoms with van der Waals surface area (Å²) in [5.74, 6) is 0. The number of allylic oxidation sites excluding steroid dienone is 2. The third kappa shape index (κ3) is 2.02. The maximum absolute atomic E-state index is 5.71. The third-order valence-corrected chi connectivity index (χ3v) is 2.27. The summed E-state index contributed by atoms with van der Waals surface area (Å²) < 4.78 is 3.09. The zero-order valence-electron chi connectivity index (χ0n) is 6.57. The molecule has 0 saturated carbocycles. The van der Waals surface area contributed by atoms with Crippen molar-refractivity contribution in [1.82, 2.24) is 14.7 Å². The second kappa shape index (κ2) is 3.81. The molecule has 2 rings (SSSR count). The van der Waals surface area contributed by atoms with Gasteiger partial charge in [0.1, 0.15) is 10.8 Å². The van der Waals surface area contributed by atoms with E-state index in [1.54, 1.807) is 6.20 Å². The normalized spacial score (nSPS) is 15.0. The quantitative estimate of drug-likeness (QED) is 0.723. The van der Waals surface area contributed by atoms with Gasteiger partial charge in [0.05, 0.1) is 18.1 Å². The molecular formula is C8H6ClN3S. The lowest BCUT2D eigenvalue weighted by molar-refractivity contribution is 1.15. The molecule has 0 spiro atoms. The van der Waals surface area contributed by atoms with Gasteiger partial charge in [-0.25, -0.2) is 4.98 Å². The van der Waals surface area contributed by atoms with E-state index < -0.39 is 0 Å². The van der Waals surface area contributed by atoms with Crippen LogP contribution in [0.25, 0.3) is 5.70 Å². The molecule has 0 unspecified atom stereocenters. The van der Waals surface area contributed by atoms with Gasteiger partial charge in [-0.1, -0.05) is 17.7 Å². The number of hydrogen-bond acceptors (Lipinski definition) is 4. The van der Waals surface area contributed by atoms with Crippen LogP contribution in [0.1, 0.15) is 5.69 Å². The molecule has 2 heterocycles. The molecule has 0 aliphatic carbocycles. The summed E-state index contributed by atoms with van der Waals surface area (Å²) in [6.07, 6.45) is 7.05. The van der Waals surface area contributed by atoms with Crippen molar-refractivity contribution in [3.05, 3.63) is 40.8 Å². The standard InChI is InChI=1S/C8H6ClN3S/c9-8-5-10-4-7(11-8)6-2-1-3-13-12-6/h1-5,12H. The minimum absolute atomic E-state index is 0.403. The number of rotatable bonds is 1. The first-order valence-electron chi connectivity index (χ1n) is 3.63. The average Bonchev–Trinajstić information content (AvgIpc) is 2.19. The number of nitrogens with one attached hydrogen (secondary N) is 1. The van der Waals surface area contributed by atoms with Crippen LogP contribution in [0, 0.1) is 0 Å². The molecule has 0 fully saturated rings. The third-order valence-electron chi connectivity index (χ3n) is 1.46. The Hall–Kier alpha value is -1.00. The predicted octanol–water partition coefficient (Wildman–Crippen LogP) is 2.24. The van der Waals surface area contributed by atoms with Gasteiger partial charge in [0.2, 0.25) is 0 Å². The fraction of sp³-hybridized carbons (Fsp3) is 0. The molecule has 0 radical (unpaired) electrons. The van der Waals surface area contributed by atoms with Crippen LogP contribution in [0.4, 0.5) is 0 Å². The maximum atomic E-state index is 5.71. The van der Waals surface area contributed by atoms with Crippen LogP contribution in [0.3, 0.4) is 0 Å². The van der Waals surface area contributed by atoms with Gasteiger partial charge >= 0.3 is 0 Å². The number of aromatic nitrogens is 2. The smallest absolute Gasteiger partial charge is 0.148 e. The van der Waals surface area contributed by atoms with Crippen LogP contribution in [0.15, 0.2) is 30.0 Å². The van der Waals surface area contributed by atoms with Crippen molar-refractivity contribution in [3.63, 3.8) is 0 Å². The van der Waals surface area contributed by atoms with E-state index in [0.717, 1.165) is 11.4 Å². The second-order valence-electron chi connectivity index (χ2n) is 2.36. The summed E-state index contributed by atoms with van der Waals surface area (Å²) in [5.41, 5.74) is 1.67. The summed E-state index contributed by atoms with van der Waals surface area (Å²) in [6, 6.07) is 0. The van der Waals surface area contributed by atoms with Crippen molar-refractivity contribution in [1.29, 1.82) is 0 Å². The zero-order valence-corrected chi connectivity index (χ0v) is 8.14. The van der Waals surface area contributed by atoms with Gasteiger partial charge in [-0.15, -0.1) is 0 Å². The minimum Gasteiger partial charge on any atom is -0.324 e. The van der Waals surface area contributed by atoms with Gasteiger partial charge in [0.25, 0.3) is 0 Å². The Balaban J connectivity index is 2.34. The molecule has 0 bridgehead atoms. The highest BCUT2D eigenvalue weighted by atomic mass is 35.5. The van der Waals surface area contributed by atoms with Crippen molar-refractivity contribution in [2.75, 3.05) is 0 Å². The van der Waals surface area contributed by atoms with E-state index in [2.05, 4.69) is 14.7 Å². The number of halogens is 1. The molecule has 1 aliphatic heterocycles. The van der Waals surface area contributed by atoms with E-state index in [1.165, 1.54) is 18.1 Å². The molecule has 1 N–H and O–H groups in total. The van der Waals surface area contributed by atoms with Crippen LogP contribution in [0.2, 0.25) is 5.15 Å². The molecule has 66 valence electrons. The summed E-state index contributed by atoms with van der Waals surface area (Å²) in [5, 5.41) is 2.35. The molecule has 3 nitrogen and oxygen atoms in total. The van der Waals surface area contributed by atoms with Gasteiger partial charge in [-0.3, -0.25) is 4.98 Å². The van der Waals surface area contributed by atoms with Gasteiger partial charge in [-0.2, -0.15) is 0 Å². The van der Waals surface area contributed by atoms with Gasteiger partial charge in [-0.05, 0) is 23.4 Å². The molecule has 0 atom stereocenters. The van der Waals surface area contributed by atoms with Gasteiger partial charge < -0.3 is 4.72 Å². The highest BCUT2D eigenvalue weighted by Gasteiger charge is 2.04. The summed E-state index contributed by atoms with van der Waals surface area (Å²) in [4.78, 5) is 8.07. The second-order valence-corrected chi connectivity index (χ2v) is 3.46. The summed E-state index contributed by atoms with van der Waals surface area (Å²) in [7, 11) is 0. The van der Waals surface area contributed by atoms with Crippen molar-refractivity contribution in [2.24, 2.45) is 0 Å². The lowest BCUT2D eigenvalue weighted by Gasteiger charge is -2.09. The van der Waals surface area contributed by atoms with Crippen LogP contribution in [-0.4, -0.2) is 9.97 Å². The van der Waals surface area contributed by atoms with Crippen molar-refractivity contribution >= 4 is 29.2 Å². The first-order valence-corrected chi connectivity index (χ1v) is 4.88. The zero-order chi connectivity index (χ0) is 9.10. The molecule has 0 saturated heterocycles. The Morgan fingerprint density at radius 1 is 1.38 bits per heavy atom. The topological polar surface area (TPSA) is 37.8 Å². The van der Waals surface area contributed by atoms with E-state index in [4.69, 9.17) is 11.6 Å². The molecular weight excluding hydrogens is 206 g/mol. The van der Waals surface area contributed by atoms with E-state index >= 15 is 0 Å². The Morgan fingerprint density at radius 3 is 3.00 bits per heavy atom. The maximum Gasteiger partial charge on any atom is 0.148 e. The van der Waals surface area contributed by atoms with Crippen LogP contribution in [0.5, 0.6) is 0 Å². The first-order chi connectivity index (χ1) is 6.36. The Morgan fingerprint density at radius 2 is 2.31 bits per heavy atom. The fourth-order valence-electron chi connectivity index (χ4n) is 0.916. The van der Waals surface area contributed by atoms with Crippen LogP contribution in [-0.2, 0) is 0 Å². The predicted molar refractivity (Wildman–Crippen MR) is 54.9 cm³/mol. The van der Waals surface area contributed by atoms with E-state index in [-0.39, 0.29) is 0 Å². The lowest BCUT2D eigenvalue weighted by atomic mass is 10.3. The SMILES string of the molecule is Clc1cncc(C2=CC=CSN2)n1. The average molecular weight is 212 g/mol. The molecule has 0 aromatic carbocycles. The minimum atomic E-state index is 0.403. The van der Waals surface area contributed by atoms with E-state index in [9.17, 15) is 0 Å². The molecule has 1 aromatic rings. The molecule has 1 aromatic heterocycles. The van der Waals surface area contributed by atoms with Gasteiger partial charge in [0.15, 0.2) is 0 Å². The monoisotopic (exact) mass is 211 g/mol. The first kappa shape index (κ1) is 8.59. The summed E-state index contributed by atoms with van der Waals surface area (Å²) >= 11 is 7.20. The van der Waals surface area contributed by atoms with Gasteiger partial charge in [0, 0.05) is 0 Å². The van der Waals surface area contributed by atoms with Crippen LogP contribution >= 0.6 is 23.5 Å². The highest BCUT2D eigenvalue weighted by Crippen LogP contribution is 2.17. The molecule has 0 amide bonds. The van der Waals surface area contributed by atoms with Crippen molar-refractivity contribution in [2.45, 2.75) is 0 Å². The van der Waals surface area contributed by atoms with Crippen LogP contribution < -0.4 is 4.72 Å². The Labute approximate surface area is 85.1 Å². The highest BCUT2D eigenvalue weighted by molar-refractivity contribution is 8.00.